The summed E-state index contributed by atoms with van der Waals surface area (Å²) in [5.41, 5.74) is 3.83. The molecular formula is C10H9FN6O3. The number of carbonyl (C=O) groups is 1. The van der Waals surface area contributed by atoms with E-state index in [1.807, 2.05) is 0 Å². The summed E-state index contributed by atoms with van der Waals surface area (Å²) in [6, 6.07) is 1.72. The van der Waals surface area contributed by atoms with Gasteiger partial charge in [0, 0.05) is 6.07 Å². The second-order valence-corrected chi connectivity index (χ2v) is 3.73. The van der Waals surface area contributed by atoms with E-state index in [0.29, 0.717) is 5.82 Å². The summed E-state index contributed by atoms with van der Waals surface area (Å²) in [7, 11) is 0. The van der Waals surface area contributed by atoms with Crippen LogP contribution in [-0.2, 0) is 6.54 Å². The van der Waals surface area contributed by atoms with Gasteiger partial charge in [0.1, 0.15) is 29.2 Å². The molecule has 20 heavy (non-hydrogen) atoms. The summed E-state index contributed by atoms with van der Waals surface area (Å²) in [5.74, 6) is -1.47. The Morgan fingerprint density at radius 3 is 2.90 bits per heavy atom. The van der Waals surface area contributed by atoms with Crippen molar-refractivity contribution in [2.24, 2.45) is 0 Å². The van der Waals surface area contributed by atoms with Gasteiger partial charge in [0.05, 0.1) is 11.5 Å². The van der Waals surface area contributed by atoms with E-state index in [1.54, 1.807) is 0 Å². The SMILES string of the molecule is Nc1c([N+](=O)[O-])ccc(F)c1C(=O)NCc1ncn[nH]1. The van der Waals surface area contributed by atoms with E-state index in [0.717, 1.165) is 12.1 Å². The number of aromatic nitrogens is 3. The van der Waals surface area contributed by atoms with Crippen LogP contribution in [0.3, 0.4) is 0 Å². The van der Waals surface area contributed by atoms with Gasteiger partial charge in [-0.2, -0.15) is 5.10 Å². The number of H-pyrrole nitrogens is 1. The maximum absolute atomic E-state index is 13.6. The molecule has 0 spiro atoms. The molecule has 9 nitrogen and oxygen atoms in total. The predicted octanol–water partition coefficient (Wildman–Crippen LogP) is 0.364. The Hall–Kier alpha value is -3.04. The number of nitrogens with one attached hydrogen (secondary N) is 2. The zero-order valence-electron chi connectivity index (χ0n) is 9.96. The van der Waals surface area contributed by atoms with Gasteiger partial charge in [-0.3, -0.25) is 20.0 Å². The zero-order valence-corrected chi connectivity index (χ0v) is 9.96. The summed E-state index contributed by atoms with van der Waals surface area (Å²) in [6.07, 6.45) is 1.24. The Morgan fingerprint density at radius 1 is 1.55 bits per heavy atom. The Kier molecular flexibility index (Phi) is 3.55. The fourth-order valence-electron chi connectivity index (χ4n) is 1.54. The lowest BCUT2D eigenvalue weighted by Gasteiger charge is -2.07. The van der Waals surface area contributed by atoms with Crippen LogP contribution in [0.1, 0.15) is 16.2 Å². The largest absolute Gasteiger partial charge is 0.392 e. The number of amides is 1. The summed E-state index contributed by atoms with van der Waals surface area (Å²) in [6.45, 7) is -0.0413. The van der Waals surface area contributed by atoms with E-state index in [-0.39, 0.29) is 6.54 Å². The van der Waals surface area contributed by atoms with Gasteiger partial charge in [0.15, 0.2) is 0 Å². The molecule has 0 radical (unpaired) electrons. The van der Waals surface area contributed by atoms with E-state index in [9.17, 15) is 19.3 Å². The first-order valence-electron chi connectivity index (χ1n) is 5.35. The van der Waals surface area contributed by atoms with Gasteiger partial charge in [0.25, 0.3) is 11.6 Å². The highest BCUT2D eigenvalue weighted by Gasteiger charge is 2.23. The second kappa shape index (κ2) is 5.30. The van der Waals surface area contributed by atoms with Crippen LogP contribution in [0.4, 0.5) is 15.8 Å². The monoisotopic (exact) mass is 280 g/mol. The topological polar surface area (TPSA) is 140 Å². The lowest BCUT2D eigenvalue weighted by molar-refractivity contribution is -0.384. The summed E-state index contributed by atoms with van der Waals surface area (Å²) >= 11 is 0. The van der Waals surface area contributed by atoms with Gasteiger partial charge in [-0.25, -0.2) is 9.37 Å². The van der Waals surface area contributed by atoms with Gasteiger partial charge < -0.3 is 11.1 Å². The Labute approximate surface area is 111 Å². The van der Waals surface area contributed by atoms with Crippen molar-refractivity contribution >= 4 is 17.3 Å². The van der Waals surface area contributed by atoms with Crippen molar-refractivity contribution < 1.29 is 14.1 Å². The molecule has 1 amide bonds. The molecule has 1 aromatic carbocycles. The van der Waals surface area contributed by atoms with E-state index < -0.39 is 33.6 Å². The number of hydrogen-bond donors (Lipinski definition) is 3. The first kappa shape index (κ1) is 13.4. The molecule has 10 heteroatoms. The number of aromatic amines is 1. The van der Waals surface area contributed by atoms with Crippen molar-refractivity contribution in [3.8, 4) is 0 Å². The van der Waals surface area contributed by atoms with Gasteiger partial charge in [0.2, 0.25) is 0 Å². The minimum Gasteiger partial charge on any atom is -0.392 e. The first-order valence-corrected chi connectivity index (χ1v) is 5.35. The van der Waals surface area contributed by atoms with E-state index in [2.05, 4.69) is 20.5 Å². The van der Waals surface area contributed by atoms with Crippen LogP contribution in [0.25, 0.3) is 0 Å². The minimum atomic E-state index is -0.942. The maximum Gasteiger partial charge on any atom is 0.293 e. The molecule has 2 aromatic rings. The fourth-order valence-corrected chi connectivity index (χ4v) is 1.54. The molecule has 0 unspecified atom stereocenters. The molecule has 0 saturated carbocycles. The molecule has 1 aromatic heterocycles. The number of nitrogens with zero attached hydrogens (tertiary/aromatic N) is 3. The standard InChI is InChI=1S/C10H9FN6O3/c11-5-1-2-6(17(19)20)9(12)8(5)10(18)13-3-7-14-4-15-16-7/h1-2,4H,3,12H2,(H,13,18)(H,14,15,16). The third-order valence-corrected chi connectivity index (χ3v) is 2.48. The summed E-state index contributed by atoms with van der Waals surface area (Å²) < 4.78 is 13.6. The smallest absolute Gasteiger partial charge is 0.293 e. The van der Waals surface area contributed by atoms with Crippen LogP contribution in [0, 0.1) is 15.9 Å². The van der Waals surface area contributed by atoms with Crippen molar-refractivity contribution in [1.29, 1.82) is 0 Å². The molecule has 0 aliphatic heterocycles. The normalized spacial score (nSPS) is 10.2. The van der Waals surface area contributed by atoms with Crippen LogP contribution in [0.15, 0.2) is 18.5 Å². The van der Waals surface area contributed by atoms with E-state index >= 15 is 0 Å². The lowest BCUT2D eigenvalue weighted by atomic mass is 10.1. The molecule has 104 valence electrons. The van der Waals surface area contributed by atoms with E-state index in [1.165, 1.54) is 6.33 Å². The number of carbonyl (C=O) groups excluding carboxylic acids is 1. The average Bonchev–Trinajstić information content (AvgIpc) is 2.89. The maximum atomic E-state index is 13.6. The van der Waals surface area contributed by atoms with Crippen molar-refractivity contribution in [3.63, 3.8) is 0 Å². The Morgan fingerprint density at radius 2 is 2.30 bits per heavy atom. The van der Waals surface area contributed by atoms with Crippen LogP contribution in [0.5, 0.6) is 0 Å². The number of benzene rings is 1. The first-order chi connectivity index (χ1) is 9.50. The fraction of sp³-hybridized carbons (Fsp3) is 0.100. The number of nitrogens with two attached hydrogens (primary N) is 1. The molecule has 0 aliphatic rings. The van der Waals surface area contributed by atoms with Crippen LogP contribution in [-0.4, -0.2) is 26.0 Å². The predicted molar refractivity (Wildman–Crippen MR) is 65.0 cm³/mol. The van der Waals surface area contributed by atoms with Crippen molar-refractivity contribution in [2.45, 2.75) is 6.54 Å². The van der Waals surface area contributed by atoms with Crippen molar-refractivity contribution in [3.05, 3.63) is 45.8 Å². The molecule has 0 bridgehead atoms. The van der Waals surface area contributed by atoms with Gasteiger partial charge in [-0.05, 0) is 6.07 Å². The third-order valence-electron chi connectivity index (χ3n) is 2.48. The van der Waals surface area contributed by atoms with Gasteiger partial charge >= 0.3 is 0 Å². The highest BCUT2D eigenvalue weighted by Crippen LogP contribution is 2.27. The molecular weight excluding hydrogens is 271 g/mol. The highest BCUT2D eigenvalue weighted by atomic mass is 19.1. The van der Waals surface area contributed by atoms with Gasteiger partial charge in [-0.15, -0.1) is 0 Å². The molecule has 0 aliphatic carbocycles. The molecule has 0 fully saturated rings. The quantitative estimate of drug-likeness (QED) is 0.419. The van der Waals surface area contributed by atoms with Gasteiger partial charge in [-0.1, -0.05) is 0 Å². The lowest BCUT2D eigenvalue weighted by Crippen LogP contribution is -2.25. The number of nitrogen functional groups attached to an aromatic ring is 1. The highest BCUT2D eigenvalue weighted by molar-refractivity contribution is 6.01. The number of rotatable bonds is 4. The molecule has 4 N–H and O–H groups in total. The third kappa shape index (κ3) is 2.53. The molecule has 0 atom stereocenters. The minimum absolute atomic E-state index is 0.0413. The second-order valence-electron chi connectivity index (χ2n) is 3.73. The number of nitro groups is 1. The number of anilines is 1. The van der Waals surface area contributed by atoms with Crippen LogP contribution in [0.2, 0.25) is 0 Å². The molecule has 2 rings (SSSR count). The summed E-state index contributed by atoms with van der Waals surface area (Å²) in [5, 5.41) is 19.1. The van der Waals surface area contributed by atoms with Crippen LogP contribution >= 0.6 is 0 Å². The van der Waals surface area contributed by atoms with Crippen molar-refractivity contribution in [2.75, 3.05) is 5.73 Å². The number of hydrogen-bond acceptors (Lipinski definition) is 6. The molecule has 0 saturated heterocycles. The van der Waals surface area contributed by atoms with Crippen LogP contribution < -0.4 is 11.1 Å². The van der Waals surface area contributed by atoms with Crippen molar-refractivity contribution in [1.82, 2.24) is 20.5 Å². The Bertz CT molecular complexity index is 657. The Balaban J connectivity index is 2.25. The average molecular weight is 280 g/mol. The van der Waals surface area contributed by atoms with E-state index in [4.69, 9.17) is 5.73 Å². The summed E-state index contributed by atoms with van der Waals surface area (Å²) in [4.78, 5) is 25.5. The number of nitro benzene ring substituents is 1. The number of halogens is 1. The zero-order chi connectivity index (χ0) is 14.7. The molecule has 1 heterocycles.